The standard InChI is InChI=1S/C19H15BrN2O/c20-16-11-12-17(21-13-16)22-19(23)18(14-7-3-1-4-8-14)15-9-5-2-6-10-15/h1-13,18H,(H,21,22,23). The van der Waals surface area contributed by atoms with Crippen molar-refractivity contribution in [2.45, 2.75) is 5.92 Å². The largest absolute Gasteiger partial charge is 0.310 e. The maximum atomic E-state index is 12.8. The quantitative estimate of drug-likeness (QED) is 0.732. The van der Waals surface area contributed by atoms with Crippen molar-refractivity contribution in [2.75, 3.05) is 5.32 Å². The molecular weight excluding hydrogens is 352 g/mol. The Bertz CT molecular complexity index is 734. The lowest BCUT2D eigenvalue weighted by Crippen LogP contribution is -2.22. The minimum atomic E-state index is -0.372. The second kappa shape index (κ2) is 7.20. The molecule has 0 saturated heterocycles. The topological polar surface area (TPSA) is 42.0 Å². The SMILES string of the molecule is O=C(Nc1ccc(Br)cn1)C(c1ccccc1)c1ccccc1. The number of hydrogen-bond donors (Lipinski definition) is 1. The van der Waals surface area contributed by atoms with Crippen LogP contribution in [0.4, 0.5) is 5.82 Å². The van der Waals surface area contributed by atoms with Gasteiger partial charge in [-0.3, -0.25) is 4.79 Å². The molecule has 1 N–H and O–H groups in total. The number of halogens is 1. The summed E-state index contributed by atoms with van der Waals surface area (Å²) in [5, 5.41) is 2.90. The first-order chi connectivity index (χ1) is 11.2. The van der Waals surface area contributed by atoms with E-state index >= 15 is 0 Å². The number of pyridine rings is 1. The summed E-state index contributed by atoms with van der Waals surface area (Å²) in [4.78, 5) is 17.0. The molecule has 1 amide bonds. The highest BCUT2D eigenvalue weighted by Crippen LogP contribution is 2.26. The molecule has 0 aliphatic carbocycles. The highest BCUT2D eigenvalue weighted by Gasteiger charge is 2.22. The van der Waals surface area contributed by atoms with Crippen LogP contribution in [0.1, 0.15) is 17.0 Å². The highest BCUT2D eigenvalue weighted by atomic mass is 79.9. The molecule has 0 spiro atoms. The van der Waals surface area contributed by atoms with Gasteiger partial charge < -0.3 is 5.32 Å². The van der Waals surface area contributed by atoms with Gasteiger partial charge in [0.1, 0.15) is 5.82 Å². The summed E-state index contributed by atoms with van der Waals surface area (Å²) in [6, 6.07) is 23.1. The van der Waals surface area contributed by atoms with Crippen molar-refractivity contribution in [1.29, 1.82) is 0 Å². The van der Waals surface area contributed by atoms with Gasteiger partial charge in [0.05, 0.1) is 5.92 Å². The predicted molar refractivity (Wildman–Crippen MR) is 95.3 cm³/mol. The molecule has 4 heteroatoms. The monoisotopic (exact) mass is 366 g/mol. The minimum Gasteiger partial charge on any atom is -0.310 e. The van der Waals surface area contributed by atoms with Crippen molar-refractivity contribution in [1.82, 2.24) is 4.98 Å². The minimum absolute atomic E-state index is 0.0998. The van der Waals surface area contributed by atoms with Crippen molar-refractivity contribution in [3.05, 3.63) is 94.6 Å². The third-order valence-electron chi connectivity index (χ3n) is 3.51. The van der Waals surface area contributed by atoms with Gasteiger partial charge in [0.25, 0.3) is 0 Å². The lowest BCUT2D eigenvalue weighted by atomic mass is 9.90. The van der Waals surface area contributed by atoms with E-state index in [2.05, 4.69) is 26.2 Å². The Kier molecular flexibility index (Phi) is 4.83. The van der Waals surface area contributed by atoms with Gasteiger partial charge in [-0.1, -0.05) is 60.7 Å². The predicted octanol–water partition coefficient (Wildman–Crippen LogP) is 4.61. The van der Waals surface area contributed by atoms with Crippen LogP contribution in [-0.2, 0) is 4.79 Å². The van der Waals surface area contributed by atoms with E-state index in [1.165, 1.54) is 0 Å². The van der Waals surface area contributed by atoms with Gasteiger partial charge in [0, 0.05) is 10.7 Å². The number of anilines is 1. The van der Waals surface area contributed by atoms with Crippen molar-refractivity contribution >= 4 is 27.7 Å². The molecule has 114 valence electrons. The van der Waals surface area contributed by atoms with E-state index in [4.69, 9.17) is 0 Å². The maximum Gasteiger partial charge on any atom is 0.237 e. The van der Waals surface area contributed by atoms with Gasteiger partial charge in [-0.2, -0.15) is 0 Å². The van der Waals surface area contributed by atoms with Crippen LogP contribution in [0.5, 0.6) is 0 Å². The van der Waals surface area contributed by atoms with Crippen LogP contribution >= 0.6 is 15.9 Å². The van der Waals surface area contributed by atoms with E-state index in [0.717, 1.165) is 15.6 Å². The summed E-state index contributed by atoms with van der Waals surface area (Å²) >= 11 is 3.34. The van der Waals surface area contributed by atoms with Crippen LogP contribution < -0.4 is 5.32 Å². The summed E-state index contributed by atoms with van der Waals surface area (Å²) < 4.78 is 0.873. The molecule has 3 nitrogen and oxygen atoms in total. The van der Waals surface area contributed by atoms with Gasteiger partial charge in [-0.25, -0.2) is 4.98 Å². The number of nitrogens with one attached hydrogen (secondary N) is 1. The van der Waals surface area contributed by atoms with Crippen molar-refractivity contribution < 1.29 is 4.79 Å². The maximum absolute atomic E-state index is 12.8. The Balaban J connectivity index is 1.92. The van der Waals surface area contributed by atoms with Crippen molar-refractivity contribution in [3.63, 3.8) is 0 Å². The molecule has 3 rings (SSSR count). The Morgan fingerprint density at radius 2 is 1.43 bits per heavy atom. The molecule has 0 saturated carbocycles. The number of carbonyl (C=O) groups excluding carboxylic acids is 1. The summed E-state index contributed by atoms with van der Waals surface area (Å²) in [6.07, 6.45) is 1.66. The first-order valence-corrected chi connectivity index (χ1v) is 8.05. The molecule has 0 atom stereocenters. The summed E-state index contributed by atoms with van der Waals surface area (Å²) in [5.74, 6) is 0.0649. The number of nitrogens with zero attached hydrogens (tertiary/aromatic N) is 1. The third-order valence-corrected chi connectivity index (χ3v) is 3.98. The lowest BCUT2D eigenvalue weighted by molar-refractivity contribution is -0.116. The van der Waals surface area contributed by atoms with Gasteiger partial charge >= 0.3 is 0 Å². The number of aromatic nitrogens is 1. The van der Waals surface area contributed by atoms with E-state index in [1.807, 2.05) is 66.7 Å². The fraction of sp³-hybridized carbons (Fsp3) is 0.0526. The first kappa shape index (κ1) is 15.4. The lowest BCUT2D eigenvalue weighted by Gasteiger charge is -2.17. The zero-order chi connectivity index (χ0) is 16.1. The fourth-order valence-electron chi connectivity index (χ4n) is 2.43. The number of hydrogen-bond acceptors (Lipinski definition) is 2. The van der Waals surface area contributed by atoms with Crippen LogP contribution in [0, 0.1) is 0 Å². The van der Waals surface area contributed by atoms with Crippen LogP contribution in [0.3, 0.4) is 0 Å². The van der Waals surface area contributed by atoms with Crippen LogP contribution in [0.15, 0.2) is 83.5 Å². The molecule has 0 radical (unpaired) electrons. The van der Waals surface area contributed by atoms with E-state index in [0.29, 0.717) is 5.82 Å². The van der Waals surface area contributed by atoms with Gasteiger partial charge in [-0.15, -0.1) is 0 Å². The van der Waals surface area contributed by atoms with E-state index in [1.54, 1.807) is 12.3 Å². The Morgan fingerprint density at radius 3 is 1.91 bits per heavy atom. The zero-order valence-electron chi connectivity index (χ0n) is 12.3. The first-order valence-electron chi connectivity index (χ1n) is 7.26. The average Bonchev–Trinajstić information content (AvgIpc) is 2.59. The number of carbonyl (C=O) groups is 1. The summed E-state index contributed by atoms with van der Waals surface area (Å²) in [5.41, 5.74) is 1.90. The summed E-state index contributed by atoms with van der Waals surface area (Å²) in [7, 11) is 0. The van der Waals surface area contributed by atoms with Crippen LogP contribution in [-0.4, -0.2) is 10.9 Å². The van der Waals surface area contributed by atoms with Crippen LogP contribution in [0.2, 0.25) is 0 Å². The van der Waals surface area contributed by atoms with Gasteiger partial charge in [-0.05, 0) is 39.2 Å². The zero-order valence-corrected chi connectivity index (χ0v) is 13.9. The van der Waals surface area contributed by atoms with Gasteiger partial charge in [0.15, 0.2) is 0 Å². The van der Waals surface area contributed by atoms with Gasteiger partial charge in [0.2, 0.25) is 5.91 Å². The molecule has 0 unspecified atom stereocenters. The molecule has 2 aromatic carbocycles. The Labute approximate surface area is 143 Å². The third kappa shape index (κ3) is 3.85. The molecule has 23 heavy (non-hydrogen) atoms. The normalized spacial score (nSPS) is 10.5. The molecule has 1 heterocycles. The van der Waals surface area contributed by atoms with Crippen molar-refractivity contribution in [3.8, 4) is 0 Å². The fourth-order valence-corrected chi connectivity index (χ4v) is 2.67. The number of benzene rings is 2. The molecule has 0 fully saturated rings. The smallest absolute Gasteiger partial charge is 0.237 e. The van der Waals surface area contributed by atoms with E-state index in [-0.39, 0.29) is 11.8 Å². The molecule has 1 aromatic heterocycles. The van der Waals surface area contributed by atoms with Crippen LogP contribution in [0.25, 0.3) is 0 Å². The molecule has 3 aromatic rings. The number of rotatable bonds is 4. The van der Waals surface area contributed by atoms with E-state index < -0.39 is 0 Å². The second-order valence-electron chi connectivity index (χ2n) is 5.11. The second-order valence-corrected chi connectivity index (χ2v) is 6.02. The van der Waals surface area contributed by atoms with Crippen molar-refractivity contribution in [2.24, 2.45) is 0 Å². The molecule has 0 aliphatic rings. The van der Waals surface area contributed by atoms with E-state index in [9.17, 15) is 4.79 Å². The number of amides is 1. The Morgan fingerprint density at radius 1 is 0.870 bits per heavy atom. The molecule has 0 bridgehead atoms. The average molecular weight is 367 g/mol. The molecule has 0 aliphatic heterocycles. The Hall–Kier alpha value is -2.46. The molecular formula is C19H15BrN2O. The highest BCUT2D eigenvalue weighted by molar-refractivity contribution is 9.10. The summed E-state index contributed by atoms with van der Waals surface area (Å²) in [6.45, 7) is 0.